The smallest absolute Gasteiger partial charge is 0.318 e. The lowest BCUT2D eigenvalue weighted by molar-refractivity contribution is -0.116. The highest BCUT2D eigenvalue weighted by Gasteiger charge is 2.21. The highest BCUT2D eigenvalue weighted by Crippen LogP contribution is 2.19. The third-order valence-corrected chi connectivity index (χ3v) is 2.30. The predicted octanol–water partition coefficient (Wildman–Crippen LogP) is -0.757. The molecular formula is C9H15N5O2. The third kappa shape index (κ3) is 2.93. The van der Waals surface area contributed by atoms with E-state index in [1.165, 1.54) is 17.7 Å². The Morgan fingerprint density at radius 2 is 2.38 bits per heavy atom. The fourth-order valence-corrected chi connectivity index (χ4v) is 1.29. The quantitative estimate of drug-likeness (QED) is 0.660. The molecule has 1 aliphatic rings. The van der Waals surface area contributed by atoms with Gasteiger partial charge in [-0.25, -0.2) is 0 Å². The molecule has 1 saturated carbocycles. The van der Waals surface area contributed by atoms with Crippen molar-refractivity contribution in [2.24, 2.45) is 5.73 Å². The standard InChI is InChI=1S/C9H15N5O2/c1-14(5-7(10)15)9-13-12-8(16-9)4-11-6-2-3-6/h6,11H,2-5H2,1H3,(H2,10,15). The number of primary amides is 1. The topological polar surface area (TPSA) is 97.3 Å². The Kier molecular flexibility index (Phi) is 3.04. The average molecular weight is 225 g/mol. The fraction of sp³-hybridized carbons (Fsp3) is 0.667. The normalized spacial score (nSPS) is 15.1. The zero-order chi connectivity index (χ0) is 11.5. The van der Waals surface area contributed by atoms with E-state index < -0.39 is 5.91 Å². The maximum Gasteiger partial charge on any atom is 0.318 e. The Bertz CT molecular complexity index is 374. The molecule has 1 aromatic heterocycles. The molecule has 0 aromatic carbocycles. The molecule has 16 heavy (non-hydrogen) atoms. The summed E-state index contributed by atoms with van der Waals surface area (Å²) < 4.78 is 5.36. The van der Waals surface area contributed by atoms with Crippen molar-refractivity contribution in [1.29, 1.82) is 0 Å². The number of hydrogen-bond donors (Lipinski definition) is 2. The summed E-state index contributed by atoms with van der Waals surface area (Å²) in [7, 11) is 1.68. The Balaban J connectivity index is 1.87. The van der Waals surface area contributed by atoms with Gasteiger partial charge in [0.05, 0.1) is 6.54 Å². The monoisotopic (exact) mass is 225 g/mol. The maximum absolute atomic E-state index is 10.7. The molecule has 88 valence electrons. The van der Waals surface area contributed by atoms with Crippen LogP contribution < -0.4 is 16.0 Å². The number of nitrogens with two attached hydrogens (primary N) is 1. The number of hydrogen-bond acceptors (Lipinski definition) is 6. The molecule has 7 heteroatoms. The number of anilines is 1. The van der Waals surface area contributed by atoms with Gasteiger partial charge in [0.2, 0.25) is 11.8 Å². The van der Waals surface area contributed by atoms with Crippen LogP contribution in [0, 0.1) is 0 Å². The molecule has 1 aromatic rings. The van der Waals surface area contributed by atoms with Crippen molar-refractivity contribution in [3.63, 3.8) is 0 Å². The molecule has 2 rings (SSSR count). The molecule has 0 saturated heterocycles. The number of amides is 1. The third-order valence-electron chi connectivity index (χ3n) is 2.30. The number of rotatable bonds is 6. The first-order chi connectivity index (χ1) is 7.65. The SMILES string of the molecule is CN(CC(N)=O)c1nnc(CNC2CC2)o1. The minimum atomic E-state index is -0.432. The lowest BCUT2D eigenvalue weighted by atomic mass is 10.5. The molecule has 7 nitrogen and oxygen atoms in total. The summed E-state index contributed by atoms with van der Waals surface area (Å²) in [6.07, 6.45) is 2.42. The van der Waals surface area contributed by atoms with E-state index >= 15 is 0 Å². The number of aromatic nitrogens is 2. The minimum absolute atomic E-state index is 0.0671. The van der Waals surface area contributed by atoms with Crippen LogP contribution in [0.2, 0.25) is 0 Å². The van der Waals surface area contributed by atoms with Gasteiger partial charge < -0.3 is 20.4 Å². The molecule has 0 atom stereocenters. The molecule has 0 aliphatic heterocycles. The summed E-state index contributed by atoms with van der Waals surface area (Å²) in [6.45, 7) is 0.639. The first-order valence-electron chi connectivity index (χ1n) is 5.20. The van der Waals surface area contributed by atoms with E-state index in [-0.39, 0.29) is 6.54 Å². The van der Waals surface area contributed by atoms with Gasteiger partial charge in [0.25, 0.3) is 0 Å². The zero-order valence-corrected chi connectivity index (χ0v) is 9.14. The van der Waals surface area contributed by atoms with E-state index in [0.717, 1.165) is 0 Å². The molecule has 1 amide bonds. The first-order valence-corrected chi connectivity index (χ1v) is 5.20. The molecule has 3 N–H and O–H groups in total. The van der Waals surface area contributed by atoms with Crippen LogP contribution in [0.5, 0.6) is 0 Å². The maximum atomic E-state index is 10.7. The molecular weight excluding hydrogens is 210 g/mol. The van der Waals surface area contributed by atoms with E-state index in [0.29, 0.717) is 24.5 Å². The summed E-state index contributed by atoms with van der Waals surface area (Å²) in [6, 6.07) is 0.907. The Morgan fingerprint density at radius 3 is 3.00 bits per heavy atom. The second-order valence-electron chi connectivity index (χ2n) is 3.96. The lowest BCUT2D eigenvalue weighted by Gasteiger charge is -2.10. The Morgan fingerprint density at radius 1 is 1.62 bits per heavy atom. The van der Waals surface area contributed by atoms with Crippen LogP contribution in [-0.2, 0) is 11.3 Å². The molecule has 0 radical (unpaired) electrons. The van der Waals surface area contributed by atoms with Crippen LogP contribution in [0.25, 0.3) is 0 Å². The van der Waals surface area contributed by atoms with Crippen LogP contribution in [0.4, 0.5) is 6.01 Å². The Labute approximate surface area is 93.0 Å². The number of carbonyl (C=O) groups is 1. The molecule has 1 heterocycles. The van der Waals surface area contributed by atoms with Crippen molar-refractivity contribution in [3.05, 3.63) is 5.89 Å². The van der Waals surface area contributed by atoms with Gasteiger partial charge in [0, 0.05) is 13.1 Å². The molecule has 0 unspecified atom stereocenters. The highest BCUT2D eigenvalue weighted by atomic mass is 16.4. The van der Waals surface area contributed by atoms with Gasteiger partial charge in [-0.3, -0.25) is 4.79 Å². The van der Waals surface area contributed by atoms with Crippen molar-refractivity contribution in [2.75, 3.05) is 18.5 Å². The van der Waals surface area contributed by atoms with Crippen LogP contribution >= 0.6 is 0 Å². The van der Waals surface area contributed by atoms with Crippen LogP contribution in [0.15, 0.2) is 4.42 Å². The summed E-state index contributed by atoms with van der Waals surface area (Å²) in [4.78, 5) is 12.2. The van der Waals surface area contributed by atoms with Crippen molar-refractivity contribution in [3.8, 4) is 0 Å². The Hall–Kier alpha value is -1.63. The number of likely N-dealkylation sites (N-methyl/N-ethyl adjacent to an activating group) is 1. The molecule has 0 spiro atoms. The zero-order valence-electron chi connectivity index (χ0n) is 9.14. The van der Waals surface area contributed by atoms with E-state index in [2.05, 4.69) is 15.5 Å². The highest BCUT2D eigenvalue weighted by molar-refractivity contribution is 5.78. The number of nitrogens with one attached hydrogen (secondary N) is 1. The van der Waals surface area contributed by atoms with E-state index in [1.807, 2.05) is 0 Å². The van der Waals surface area contributed by atoms with Crippen molar-refractivity contribution < 1.29 is 9.21 Å². The summed E-state index contributed by atoms with van der Waals surface area (Å²) in [5.41, 5.74) is 5.06. The second kappa shape index (κ2) is 4.48. The molecule has 0 bridgehead atoms. The van der Waals surface area contributed by atoms with Gasteiger partial charge in [0.15, 0.2) is 0 Å². The van der Waals surface area contributed by atoms with Gasteiger partial charge in [-0.05, 0) is 12.8 Å². The van der Waals surface area contributed by atoms with E-state index in [1.54, 1.807) is 7.05 Å². The van der Waals surface area contributed by atoms with Gasteiger partial charge in [0.1, 0.15) is 6.54 Å². The molecule has 1 aliphatic carbocycles. The minimum Gasteiger partial charge on any atom is -0.407 e. The van der Waals surface area contributed by atoms with Gasteiger partial charge >= 0.3 is 6.01 Å². The summed E-state index contributed by atoms with van der Waals surface area (Å²) in [5.74, 6) is 0.0941. The van der Waals surface area contributed by atoms with Crippen molar-refractivity contribution in [1.82, 2.24) is 15.5 Å². The second-order valence-corrected chi connectivity index (χ2v) is 3.96. The van der Waals surface area contributed by atoms with Crippen LogP contribution in [0.3, 0.4) is 0 Å². The van der Waals surface area contributed by atoms with Crippen molar-refractivity contribution in [2.45, 2.75) is 25.4 Å². The van der Waals surface area contributed by atoms with Crippen LogP contribution in [-0.4, -0.2) is 35.7 Å². The number of carbonyl (C=O) groups excluding carboxylic acids is 1. The van der Waals surface area contributed by atoms with Crippen LogP contribution in [0.1, 0.15) is 18.7 Å². The lowest BCUT2D eigenvalue weighted by Crippen LogP contribution is -2.30. The largest absolute Gasteiger partial charge is 0.407 e. The molecule has 1 fully saturated rings. The fourth-order valence-electron chi connectivity index (χ4n) is 1.29. The number of nitrogens with zero attached hydrogens (tertiary/aromatic N) is 3. The van der Waals surface area contributed by atoms with E-state index in [9.17, 15) is 4.79 Å². The summed E-state index contributed by atoms with van der Waals surface area (Å²) in [5, 5.41) is 11.0. The van der Waals surface area contributed by atoms with Gasteiger partial charge in [-0.1, -0.05) is 5.10 Å². The van der Waals surface area contributed by atoms with Crippen molar-refractivity contribution >= 4 is 11.9 Å². The average Bonchev–Trinajstić information content (AvgIpc) is 2.92. The van der Waals surface area contributed by atoms with E-state index in [4.69, 9.17) is 10.2 Å². The van der Waals surface area contributed by atoms with Gasteiger partial charge in [-0.2, -0.15) is 0 Å². The first kappa shape index (κ1) is 10.9. The summed E-state index contributed by atoms with van der Waals surface area (Å²) >= 11 is 0. The predicted molar refractivity (Wildman–Crippen MR) is 56.6 cm³/mol. The van der Waals surface area contributed by atoms with Gasteiger partial charge in [-0.15, -0.1) is 5.10 Å².